The van der Waals surface area contributed by atoms with Crippen molar-refractivity contribution in [3.05, 3.63) is 83.7 Å². The van der Waals surface area contributed by atoms with E-state index in [0.29, 0.717) is 18.0 Å². The van der Waals surface area contributed by atoms with Crippen LogP contribution in [0, 0.1) is 6.92 Å². The summed E-state index contributed by atoms with van der Waals surface area (Å²) >= 11 is 1.45. The Bertz CT molecular complexity index is 1390. The molecule has 2 heterocycles. The van der Waals surface area contributed by atoms with Gasteiger partial charge in [0, 0.05) is 57.2 Å². The van der Waals surface area contributed by atoms with E-state index in [9.17, 15) is 8.42 Å². The molecule has 1 fully saturated rings. The summed E-state index contributed by atoms with van der Waals surface area (Å²) in [6, 6.07) is 21.5. The summed E-state index contributed by atoms with van der Waals surface area (Å²) in [5.41, 5.74) is 2.47. The van der Waals surface area contributed by atoms with Gasteiger partial charge in [-0.15, -0.1) is 0 Å². The van der Waals surface area contributed by atoms with Crippen molar-refractivity contribution < 1.29 is 8.42 Å². The Labute approximate surface area is 210 Å². The zero-order valence-electron chi connectivity index (χ0n) is 19.7. The van der Waals surface area contributed by atoms with E-state index in [1.165, 1.54) is 22.7 Å². The lowest BCUT2D eigenvalue weighted by molar-refractivity contribution is 0.262. The number of nitrogens with zero attached hydrogens (tertiary/aromatic N) is 4. The highest BCUT2D eigenvalue weighted by Gasteiger charge is 2.21. The first kappa shape index (κ1) is 23.9. The molecule has 0 atom stereocenters. The molecule has 0 radical (unpaired) electrons. The SMILES string of the molecule is Cc1ccc(Cc2nsc(N3CCN(CCNS(=O)(=O)c4ccc5ccccc5c4)CC3)n2)cc1. The zero-order chi connectivity index (χ0) is 24.3. The third-order valence-corrected chi connectivity index (χ3v) is 8.61. The minimum absolute atomic E-state index is 0.304. The Morgan fingerprint density at radius 3 is 2.46 bits per heavy atom. The number of benzene rings is 3. The predicted molar refractivity (Wildman–Crippen MR) is 142 cm³/mol. The molecule has 0 bridgehead atoms. The van der Waals surface area contributed by atoms with Crippen LogP contribution in [0.3, 0.4) is 0 Å². The van der Waals surface area contributed by atoms with Gasteiger partial charge in [0.05, 0.1) is 4.90 Å². The van der Waals surface area contributed by atoms with Crippen LogP contribution in [0.25, 0.3) is 10.8 Å². The number of anilines is 1. The minimum Gasteiger partial charge on any atom is -0.344 e. The van der Waals surface area contributed by atoms with Gasteiger partial charge in [-0.05, 0) is 35.4 Å². The van der Waals surface area contributed by atoms with Crippen LogP contribution in [-0.2, 0) is 16.4 Å². The van der Waals surface area contributed by atoms with E-state index in [-0.39, 0.29) is 0 Å². The minimum atomic E-state index is -3.54. The van der Waals surface area contributed by atoms with Gasteiger partial charge in [0.1, 0.15) is 5.82 Å². The number of nitrogens with one attached hydrogen (secondary N) is 1. The highest BCUT2D eigenvalue weighted by atomic mass is 32.2. The fourth-order valence-corrected chi connectivity index (χ4v) is 6.04. The smallest absolute Gasteiger partial charge is 0.240 e. The summed E-state index contributed by atoms with van der Waals surface area (Å²) in [6.07, 6.45) is 0.744. The molecule has 1 aliphatic rings. The normalized spacial score (nSPS) is 15.1. The van der Waals surface area contributed by atoms with Crippen LogP contribution in [0.5, 0.6) is 0 Å². The second kappa shape index (κ2) is 10.4. The van der Waals surface area contributed by atoms with Crippen LogP contribution in [0.4, 0.5) is 5.13 Å². The number of fused-ring (bicyclic) bond motifs is 1. The summed E-state index contributed by atoms with van der Waals surface area (Å²) in [6.45, 7) is 6.59. The van der Waals surface area contributed by atoms with Gasteiger partial charge in [-0.3, -0.25) is 4.90 Å². The van der Waals surface area contributed by atoms with Gasteiger partial charge < -0.3 is 4.90 Å². The van der Waals surface area contributed by atoms with Gasteiger partial charge in [0.15, 0.2) is 0 Å². The van der Waals surface area contributed by atoms with Gasteiger partial charge in [-0.1, -0.05) is 60.2 Å². The number of rotatable bonds is 8. The fraction of sp³-hybridized carbons (Fsp3) is 0.308. The lowest BCUT2D eigenvalue weighted by Crippen LogP contribution is -2.48. The van der Waals surface area contributed by atoms with Gasteiger partial charge in [-0.2, -0.15) is 4.37 Å². The summed E-state index contributed by atoms with van der Waals surface area (Å²) in [5.74, 6) is 0.861. The van der Waals surface area contributed by atoms with E-state index in [2.05, 4.69) is 50.1 Å². The maximum absolute atomic E-state index is 12.8. The highest BCUT2D eigenvalue weighted by Crippen LogP contribution is 2.21. The van der Waals surface area contributed by atoms with E-state index in [4.69, 9.17) is 4.98 Å². The number of sulfonamides is 1. The van der Waals surface area contributed by atoms with Crippen LogP contribution >= 0.6 is 11.5 Å². The maximum Gasteiger partial charge on any atom is 0.240 e. The molecular formula is C26H29N5O2S2. The standard InChI is InChI=1S/C26H29N5O2S2/c1-20-6-8-21(9-7-20)18-25-28-26(34-29-25)31-16-14-30(15-17-31)13-12-27-35(32,33)24-11-10-22-4-2-3-5-23(22)19-24/h2-11,19,27H,12-18H2,1H3. The second-order valence-electron chi connectivity index (χ2n) is 8.89. The Hall–Kier alpha value is -2.85. The molecule has 3 aromatic carbocycles. The first-order chi connectivity index (χ1) is 17.0. The monoisotopic (exact) mass is 507 g/mol. The Kier molecular flexibility index (Phi) is 7.10. The summed E-state index contributed by atoms with van der Waals surface area (Å²) in [5, 5.41) is 2.91. The summed E-state index contributed by atoms with van der Waals surface area (Å²) in [4.78, 5) is 9.61. The number of piperazine rings is 1. The van der Waals surface area contributed by atoms with Crippen LogP contribution in [-0.4, -0.2) is 61.9 Å². The van der Waals surface area contributed by atoms with E-state index in [1.807, 2.05) is 30.3 Å². The van der Waals surface area contributed by atoms with Crippen LogP contribution in [0.15, 0.2) is 71.6 Å². The van der Waals surface area contributed by atoms with Gasteiger partial charge in [0.25, 0.3) is 0 Å². The van der Waals surface area contributed by atoms with Crippen LogP contribution in [0.1, 0.15) is 17.0 Å². The lowest BCUT2D eigenvalue weighted by Gasteiger charge is -2.34. The van der Waals surface area contributed by atoms with Crippen molar-refractivity contribution in [3.63, 3.8) is 0 Å². The fourth-order valence-electron chi connectivity index (χ4n) is 4.25. The predicted octanol–water partition coefficient (Wildman–Crippen LogP) is 3.69. The Morgan fingerprint density at radius 2 is 1.69 bits per heavy atom. The number of aromatic nitrogens is 2. The maximum atomic E-state index is 12.8. The molecule has 0 unspecified atom stereocenters. The van der Waals surface area contributed by atoms with Crippen molar-refractivity contribution in [2.45, 2.75) is 18.2 Å². The molecule has 4 aromatic rings. The average molecular weight is 508 g/mol. The number of aryl methyl sites for hydroxylation is 1. The zero-order valence-corrected chi connectivity index (χ0v) is 21.4. The molecule has 0 aliphatic carbocycles. The molecule has 1 saturated heterocycles. The second-order valence-corrected chi connectivity index (χ2v) is 11.4. The van der Waals surface area contributed by atoms with E-state index in [0.717, 1.165) is 54.3 Å². The molecule has 1 aliphatic heterocycles. The van der Waals surface area contributed by atoms with Gasteiger partial charge >= 0.3 is 0 Å². The molecule has 0 spiro atoms. The summed E-state index contributed by atoms with van der Waals surface area (Å²) < 4.78 is 32.8. The van der Waals surface area contributed by atoms with E-state index in [1.54, 1.807) is 12.1 Å². The average Bonchev–Trinajstić information content (AvgIpc) is 3.34. The largest absolute Gasteiger partial charge is 0.344 e. The molecule has 5 rings (SSSR count). The molecule has 0 amide bonds. The van der Waals surface area contributed by atoms with Crippen molar-refractivity contribution >= 4 is 37.5 Å². The highest BCUT2D eigenvalue weighted by molar-refractivity contribution is 7.89. The molecule has 1 aromatic heterocycles. The van der Waals surface area contributed by atoms with Gasteiger partial charge in [0.2, 0.25) is 15.2 Å². The topological polar surface area (TPSA) is 78.4 Å². The molecule has 1 N–H and O–H groups in total. The first-order valence-corrected chi connectivity index (χ1v) is 14.1. The molecule has 9 heteroatoms. The molecule has 0 saturated carbocycles. The van der Waals surface area contributed by atoms with Crippen molar-refractivity contribution in [1.82, 2.24) is 19.0 Å². The van der Waals surface area contributed by atoms with Crippen molar-refractivity contribution in [2.75, 3.05) is 44.2 Å². The van der Waals surface area contributed by atoms with Crippen molar-refractivity contribution in [3.8, 4) is 0 Å². The van der Waals surface area contributed by atoms with Crippen molar-refractivity contribution in [2.24, 2.45) is 0 Å². The van der Waals surface area contributed by atoms with E-state index >= 15 is 0 Å². The van der Waals surface area contributed by atoms with Crippen LogP contribution < -0.4 is 9.62 Å². The first-order valence-electron chi connectivity index (χ1n) is 11.8. The quantitative estimate of drug-likeness (QED) is 0.392. The van der Waals surface area contributed by atoms with Gasteiger partial charge in [-0.25, -0.2) is 18.1 Å². The Morgan fingerprint density at radius 1 is 0.943 bits per heavy atom. The summed E-state index contributed by atoms with van der Waals surface area (Å²) in [7, 11) is -3.54. The van der Waals surface area contributed by atoms with Crippen molar-refractivity contribution in [1.29, 1.82) is 0 Å². The Balaban J connectivity index is 1.09. The molecule has 182 valence electrons. The number of hydrogen-bond acceptors (Lipinski definition) is 7. The lowest BCUT2D eigenvalue weighted by atomic mass is 10.1. The molecule has 35 heavy (non-hydrogen) atoms. The number of hydrogen-bond donors (Lipinski definition) is 1. The molecule has 7 nitrogen and oxygen atoms in total. The third-order valence-electron chi connectivity index (χ3n) is 6.33. The van der Waals surface area contributed by atoms with E-state index < -0.39 is 10.0 Å². The third kappa shape index (κ3) is 5.87. The molecular weight excluding hydrogens is 478 g/mol. The van der Waals surface area contributed by atoms with Crippen LogP contribution in [0.2, 0.25) is 0 Å².